The van der Waals surface area contributed by atoms with Crippen molar-refractivity contribution in [2.45, 2.75) is 79.9 Å². The van der Waals surface area contributed by atoms with E-state index < -0.39 is 16.7 Å². The molecule has 162 valence electrons. The Morgan fingerprint density at radius 1 is 1.17 bits per heavy atom. The van der Waals surface area contributed by atoms with Crippen LogP contribution in [0.25, 0.3) is 0 Å². The van der Waals surface area contributed by atoms with E-state index in [1.165, 1.54) is 6.42 Å². The fourth-order valence-corrected chi connectivity index (χ4v) is 8.30. The van der Waals surface area contributed by atoms with E-state index in [4.69, 9.17) is 5.11 Å². The first kappa shape index (κ1) is 21.0. The van der Waals surface area contributed by atoms with Gasteiger partial charge in [-0.15, -0.1) is 11.8 Å². The van der Waals surface area contributed by atoms with Gasteiger partial charge >= 0.3 is 0 Å². The average molecular weight is 424 g/mol. The Labute approximate surface area is 176 Å². The van der Waals surface area contributed by atoms with Crippen molar-refractivity contribution in [3.63, 3.8) is 0 Å². The maximum Gasteiger partial charge on any atom is 0.244 e. The lowest BCUT2D eigenvalue weighted by Gasteiger charge is -2.35. The Kier molecular flexibility index (Phi) is 6.11. The molecule has 4 aliphatic rings. The SMILES string of the molecule is CNC(=O)[C@@H]1[C@H]2C(=O)N(CCCCO)C(C(=O)NC3CCCCC3)C23CC[C@H]1S3. The van der Waals surface area contributed by atoms with Crippen molar-refractivity contribution in [3.05, 3.63) is 0 Å². The minimum Gasteiger partial charge on any atom is -0.396 e. The van der Waals surface area contributed by atoms with E-state index in [9.17, 15) is 14.4 Å². The zero-order valence-corrected chi connectivity index (χ0v) is 18.0. The molecule has 1 spiro atoms. The van der Waals surface area contributed by atoms with Gasteiger partial charge in [-0.2, -0.15) is 0 Å². The molecule has 3 saturated heterocycles. The van der Waals surface area contributed by atoms with E-state index in [1.807, 2.05) is 0 Å². The molecule has 0 aromatic heterocycles. The van der Waals surface area contributed by atoms with Gasteiger partial charge in [0, 0.05) is 31.5 Å². The van der Waals surface area contributed by atoms with Gasteiger partial charge in [0.05, 0.1) is 16.6 Å². The molecular formula is C21H33N3O4S. The third kappa shape index (κ3) is 3.46. The summed E-state index contributed by atoms with van der Waals surface area (Å²) in [5.74, 6) is -0.926. The Morgan fingerprint density at radius 3 is 2.62 bits per heavy atom. The van der Waals surface area contributed by atoms with Gasteiger partial charge in [-0.25, -0.2) is 0 Å². The highest BCUT2D eigenvalue weighted by atomic mass is 32.2. The minimum atomic E-state index is -0.509. The molecule has 1 saturated carbocycles. The Morgan fingerprint density at radius 2 is 1.93 bits per heavy atom. The van der Waals surface area contributed by atoms with E-state index in [0.29, 0.717) is 19.4 Å². The summed E-state index contributed by atoms with van der Waals surface area (Å²) >= 11 is 1.71. The molecule has 0 radical (unpaired) electrons. The molecule has 0 aromatic rings. The second-order valence-corrected chi connectivity index (χ2v) is 10.6. The van der Waals surface area contributed by atoms with Gasteiger partial charge in [-0.3, -0.25) is 14.4 Å². The van der Waals surface area contributed by atoms with E-state index in [1.54, 1.807) is 23.7 Å². The molecule has 3 heterocycles. The predicted octanol–water partition coefficient (Wildman–Crippen LogP) is 1.04. The first-order valence-corrected chi connectivity index (χ1v) is 12.0. The molecule has 3 amide bonds. The number of aliphatic hydroxyl groups excluding tert-OH is 1. The second kappa shape index (κ2) is 8.46. The Balaban J connectivity index is 1.61. The highest BCUT2D eigenvalue weighted by molar-refractivity contribution is 8.02. The van der Waals surface area contributed by atoms with Crippen LogP contribution in [0.4, 0.5) is 0 Å². The number of carbonyl (C=O) groups is 3. The van der Waals surface area contributed by atoms with Crippen LogP contribution in [0.15, 0.2) is 0 Å². The molecular weight excluding hydrogens is 390 g/mol. The summed E-state index contributed by atoms with van der Waals surface area (Å²) in [5, 5.41) is 15.3. The fourth-order valence-electron chi connectivity index (χ4n) is 6.08. The summed E-state index contributed by atoms with van der Waals surface area (Å²) in [6, 6.07) is -0.315. The van der Waals surface area contributed by atoms with E-state index in [0.717, 1.165) is 38.5 Å². The van der Waals surface area contributed by atoms with Crippen LogP contribution in [-0.2, 0) is 14.4 Å². The molecule has 5 atom stereocenters. The number of amides is 3. The Bertz CT molecular complexity index is 668. The molecule has 0 aromatic carbocycles. The van der Waals surface area contributed by atoms with Gasteiger partial charge in [-0.05, 0) is 38.5 Å². The number of nitrogens with one attached hydrogen (secondary N) is 2. The van der Waals surface area contributed by atoms with Gasteiger partial charge in [0.2, 0.25) is 17.7 Å². The summed E-state index contributed by atoms with van der Waals surface area (Å²) in [5.41, 5.74) is 0. The summed E-state index contributed by atoms with van der Waals surface area (Å²) < 4.78 is -0.489. The van der Waals surface area contributed by atoms with Crippen LogP contribution >= 0.6 is 11.8 Å². The third-order valence-electron chi connectivity index (χ3n) is 7.36. The van der Waals surface area contributed by atoms with Crippen molar-refractivity contribution in [2.75, 3.05) is 20.2 Å². The maximum atomic E-state index is 13.5. The first-order chi connectivity index (χ1) is 14.0. The summed E-state index contributed by atoms with van der Waals surface area (Å²) in [6.07, 6.45) is 8.46. The normalized spacial score (nSPS) is 36.3. The number of rotatable bonds is 7. The number of unbranched alkanes of at least 4 members (excludes halogenated alkanes) is 1. The quantitative estimate of drug-likeness (QED) is 0.532. The molecule has 29 heavy (non-hydrogen) atoms. The number of carbonyl (C=O) groups excluding carboxylic acids is 3. The zero-order chi connectivity index (χ0) is 20.6. The van der Waals surface area contributed by atoms with Gasteiger partial charge in [0.1, 0.15) is 6.04 Å². The predicted molar refractivity (Wildman–Crippen MR) is 111 cm³/mol. The molecule has 7 nitrogen and oxygen atoms in total. The summed E-state index contributed by atoms with van der Waals surface area (Å²) in [4.78, 5) is 41.4. The van der Waals surface area contributed by atoms with Crippen LogP contribution in [0.5, 0.6) is 0 Å². The standard InChI is InChI=1S/C21H33N3O4S/c1-22-18(26)15-14-9-10-21(29-14)16(15)20(28)24(11-5-6-12-25)17(21)19(27)23-13-7-3-2-4-8-13/h13-17,25H,2-12H2,1H3,(H,22,26)(H,23,27)/t14-,15+,16+,17?,21?/m1/s1. The van der Waals surface area contributed by atoms with Gasteiger partial charge in [-0.1, -0.05) is 19.3 Å². The van der Waals surface area contributed by atoms with Crippen LogP contribution in [0.1, 0.15) is 57.8 Å². The van der Waals surface area contributed by atoms with Gasteiger partial charge in [0.15, 0.2) is 0 Å². The lowest BCUT2D eigenvalue weighted by atomic mass is 9.70. The second-order valence-electron chi connectivity index (χ2n) is 8.98. The molecule has 2 bridgehead atoms. The largest absolute Gasteiger partial charge is 0.396 e. The van der Waals surface area contributed by atoms with Crippen LogP contribution < -0.4 is 10.6 Å². The molecule has 3 N–H and O–H groups in total. The van der Waals surface area contributed by atoms with Crippen molar-refractivity contribution in [1.82, 2.24) is 15.5 Å². The molecule has 3 aliphatic heterocycles. The molecule has 4 rings (SSSR count). The van der Waals surface area contributed by atoms with E-state index in [-0.39, 0.29) is 41.5 Å². The average Bonchev–Trinajstić information content (AvgIpc) is 3.36. The monoisotopic (exact) mass is 423 g/mol. The fraction of sp³-hybridized carbons (Fsp3) is 0.857. The van der Waals surface area contributed by atoms with Gasteiger partial charge < -0.3 is 20.6 Å². The number of nitrogens with zero attached hydrogens (tertiary/aromatic N) is 1. The third-order valence-corrected chi connectivity index (χ3v) is 9.31. The molecule has 8 heteroatoms. The van der Waals surface area contributed by atoms with E-state index >= 15 is 0 Å². The van der Waals surface area contributed by atoms with Crippen molar-refractivity contribution in [3.8, 4) is 0 Å². The number of aliphatic hydroxyl groups is 1. The van der Waals surface area contributed by atoms with Crippen molar-refractivity contribution >= 4 is 29.5 Å². The maximum absolute atomic E-state index is 13.5. The number of hydrogen-bond acceptors (Lipinski definition) is 5. The zero-order valence-electron chi connectivity index (χ0n) is 17.2. The number of hydrogen-bond donors (Lipinski definition) is 3. The summed E-state index contributed by atoms with van der Waals surface area (Å²) in [6.45, 7) is 0.541. The van der Waals surface area contributed by atoms with Crippen molar-refractivity contribution in [1.29, 1.82) is 0 Å². The van der Waals surface area contributed by atoms with Crippen LogP contribution in [0.2, 0.25) is 0 Å². The van der Waals surface area contributed by atoms with Crippen molar-refractivity contribution < 1.29 is 19.5 Å². The Hall–Kier alpha value is -1.28. The number of thioether (sulfide) groups is 1. The summed E-state index contributed by atoms with van der Waals surface area (Å²) in [7, 11) is 1.62. The number of fused-ring (bicyclic) bond motifs is 1. The molecule has 2 unspecified atom stereocenters. The highest BCUT2D eigenvalue weighted by Crippen LogP contribution is 2.66. The smallest absolute Gasteiger partial charge is 0.244 e. The number of likely N-dealkylation sites (tertiary alicyclic amines) is 1. The minimum absolute atomic E-state index is 0.0394. The molecule has 1 aliphatic carbocycles. The van der Waals surface area contributed by atoms with Crippen LogP contribution in [0.3, 0.4) is 0 Å². The lowest BCUT2D eigenvalue weighted by molar-refractivity contribution is -0.140. The van der Waals surface area contributed by atoms with Gasteiger partial charge in [0.25, 0.3) is 0 Å². The van der Waals surface area contributed by atoms with Crippen molar-refractivity contribution in [2.24, 2.45) is 11.8 Å². The highest BCUT2D eigenvalue weighted by Gasteiger charge is 2.73. The lowest BCUT2D eigenvalue weighted by Crippen LogP contribution is -2.55. The first-order valence-electron chi connectivity index (χ1n) is 11.1. The van der Waals surface area contributed by atoms with E-state index in [2.05, 4.69) is 10.6 Å². The van der Waals surface area contributed by atoms with Crippen LogP contribution in [-0.4, -0.2) is 70.0 Å². The van der Waals surface area contributed by atoms with Crippen LogP contribution in [0, 0.1) is 11.8 Å². The molecule has 4 fully saturated rings. The topological polar surface area (TPSA) is 98.7 Å².